The maximum absolute atomic E-state index is 13.9. The lowest BCUT2D eigenvalue weighted by molar-refractivity contribution is -0.384. The molecule has 2 aromatic carbocycles. The smallest absolute Gasteiger partial charge is 0.293 e. The van der Waals surface area contributed by atoms with Gasteiger partial charge in [0, 0.05) is 49.4 Å². The molecule has 4 fully saturated rings. The van der Waals surface area contributed by atoms with Gasteiger partial charge in [-0.05, 0) is 104 Å². The average molecular weight is 865 g/mol. The Labute approximate surface area is 360 Å². The van der Waals surface area contributed by atoms with Crippen molar-refractivity contribution in [2.75, 3.05) is 56.2 Å². The summed E-state index contributed by atoms with van der Waals surface area (Å²) in [5.74, 6) is 0.286. The van der Waals surface area contributed by atoms with E-state index in [-0.39, 0.29) is 35.2 Å². The van der Waals surface area contributed by atoms with Crippen LogP contribution in [0.3, 0.4) is 0 Å². The minimum atomic E-state index is -4.59. The zero-order chi connectivity index (χ0) is 43.0. The molecule has 16 nitrogen and oxygen atoms in total. The number of nitrogens with one attached hydrogen (secondary N) is 3. The van der Waals surface area contributed by atoms with Gasteiger partial charge in [-0.2, -0.15) is 4.98 Å². The molecule has 1 aliphatic carbocycles. The predicted molar refractivity (Wildman–Crippen MR) is 233 cm³/mol. The van der Waals surface area contributed by atoms with E-state index >= 15 is 0 Å². The number of piperidine rings is 1. The molecule has 5 aromatic rings. The van der Waals surface area contributed by atoms with Crippen LogP contribution in [0.1, 0.15) is 85.8 Å². The number of ether oxygens (including phenoxy) is 3. The molecule has 6 heterocycles. The zero-order valence-electron chi connectivity index (χ0n) is 34.9. The normalized spacial score (nSPS) is 20.7. The monoisotopic (exact) mass is 864 g/mol. The van der Waals surface area contributed by atoms with Crippen molar-refractivity contribution in [3.05, 3.63) is 106 Å². The average Bonchev–Trinajstić information content (AvgIpc) is 3.95. The van der Waals surface area contributed by atoms with Crippen molar-refractivity contribution in [1.82, 2.24) is 24.6 Å². The van der Waals surface area contributed by atoms with E-state index in [0.717, 1.165) is 43.9 Å². The molecule has 1 spiro atoms. The molecule has 0 bridgehead atoms. The summed E-state index contributed by atoms with van der Waals surface area (Å²) >= 11 is 0. The molecule has 0 radical (unpaired) electrons. The van der Waals surface area contributed by atoms with Crippen LogP contribution in [-0.2, 0) is 19.5 Å². The minimum absolute atomic E-state index is 0.0992. The Morgan fingerprint density at radius 1 is 1.06 bits per heavy atom. The van der Waals surface area contributed by atoms with Gasteiger partial charge in [-0.3, -0.25) is 19.8 Å². The first kappa shape index (κ1) is 41.7. The number of H-pyrrole nitrogens is 1. The summed E-state index contributed by atoms with van der Waals surface area (Å²) in [6, 6.07) is 20.2. The molecule has 1 amide bonds. The fourth-order valence-corrected chi connectivity index (χ4v) is 10.7. The van der Waals surface area contributed by atoms with Crippen LogP contribution in [0.4, 0.5) is 17.2 Å². The van der Waals surface area contributed by atoms with Crippen molar-refractivity contribution in [2.45, 2.75) is 81.4 Å². The third-order valence-corrected chi connectivity index (χ3v) is 14.3. The third kappa shape index (κ3) is 8.58. The molecule has 1 saturated carbocycles. The largest absolute Gasteiger partial charge is 0.436 e. The number of carbonyl (C=O) groups is 1. The first-order chi connectivity index (χ1) is 29.9. The quantitative estimate of drug-likeness (QED) is 0.0789. The summed E-state index contributed by atoms with van der Waals surface area (Å²) < 4.78 is 46.6. The van der Waals surface area contributed by atoms with Crippen LogP contribution < -0.4 is 19.7 Å². The van der Waals surface area contributed by atoms with E-state index in [1.165, 1.54) is 61.2 Å². The number of hydrogen-bond acceptors (Lipinski definition) is 13. The number of aromatic amines is 1. The summed E-state index contributed by atoms with van der Waals surface area (Å²) in [6.07, 6.45) is 9.74. The molecule has 3 aliphatic heterocycles. The van der Waals surface area contributed by atoms with Gasteiger partial charge in [0.15, 0.2) is 0 Å². The van der Waals surface area contributed by atoms with Crippen molar-refractivity contribution in [3.8, 4) is 11.6 Å². The molecular formula is C45H52N8O8S. The number of nitro benzene ring substituents is 1. The van der Waals surface area contributed by atoms with E-state index in [0.29, 0.717) is 55.0 Å². The fraction of sp³-hybridized carbons (Fsp3) is 0.444. The highest BCUT2D eigenvalue weighted by molar-refractivity contribution is 7.90. The molecule has 3 N–H and O–H groups in total. The first-order valence-electron chi connectivity index (χ1n) is 21.5. The minimum Gasteiger partial charge on any atom is -0.436 e. The third-order valence-electron chi connectivity index (χ3n) is 13.0. The molecule has 2 unspecified atom stereocenters. The Bertz CT molecular complexity index is 2560. The summed E-state index contributed by atoms with van der Waals surface area (Å²) in [7, 11) is -4.59. The molecule has 9 rings (SSSR count). The topological polar surface area (TPSA) is 194 Å². The number of anilines is 2. The lowest BCUT2D eigenvalue weighted by Gasteiger charge is -2.56. The van der Waals surface area contributed by atoms with Gasteiger partial charge in [-0.15, -0.1) is 0 Å². The summed E-state index contributed by atoms with van der Waals surface area (Å²) in [5, 5.41) is 15.8. The highest BCUT2D eigenvalue weighted by Gasteiger charge is 2.50. The highest BCUT2D eigenvalue weighted by Crippen LogP contribution is 2.54. The van der Waals surface area contributed by atoms with Crippen LogP contribution in [0.2, 0.25) is 0 Å². The van der Waals surface area contributed by atoms with Crippen LogP contribution in [0.15, 0.2) is 84.0 Å². The van der Waals surface area contributed by atoms with Gasteiger partial charge in [0.2, 0.25) is 5.88 Å². The number of nitro groups is 1. The number of nitrogens with zero attached hydrogens (tertiary/aromatic N) is 5. The zero-order valence-corrected chi connectivity index (χ0v) is 35.7. The SMILES string of the molecule is CC(C)c1ccccc1C1CCCN1C1CC2(CCN(c3ccc(C(=O)NS(=O)(=O)c4ccc(NCC5COCCO5)c([N+](=O)[O-])c4)c(Oc4cnc5[nH]ccc5c4)n3)CC2)C1. The highest BCUT2D eigenvalue weighted by atomic mass is 32.2. The predicted octanol–water partition coefficient (Wildman–Crippen LogP) is 7.31. The van der Waals surface area contributed by atoms with E-state index in [4.69, 9.17) is 19.2 Å². The van der Waals surface area contributed by atoms with E-state index in [9.17, 15) is 23.3 Å². The van der Waals surface area contributed by atoms with E-state index < -0.39 is 31.4 Å². The summed E-state index contributed by atoms with van der Waals surface area (Å²) in [4.78, 5) is 42.0. The Morgan fingerprint density at radius 2 is 1.89 bits per heavy atom. The molecule has 62 heavy (non-hydrogen) atoms. The second-order valence-corrected chi connectivity index (χ2v) is 18.9. The van der Waals surface area contributed by atoms with E-state index in [1.54, 1.807) is 18.3 Å². The number of amides is 1. The number of aromatic nitrogens is 3. The molecular weight excluding hydrogens is 813 g/mol. The lowest BCUT2D eigenvalue weighted by atomic mass is 9.60. The van der Waals surface area contributed by atoms with E-state index in [1.807, 2.05) is 6.07 Å². The Kier molecular flexibility index (Phi) is 11.6. The number of likely N-dealkylation sites (tertiary alicyclic amines) is 1. The maximum Gasteiger partial charge on any atom is 0.293 e. The Hall–Kier alpha value is -5.62. The molecule has 3 saturated heterocycles. The van der Waals surface area contributed by atoms with Crippen LogP contribution in [0.5, 0.6) is 11.6 Å². The van der Waals surface area contributed by atoms with Crippen molar-refractivity contribution < 1.29 is 32.3 Å². The first-order valence-corrected chi connectivity index (χ1v) is 22.9. The van der Waals surface area contributed by atoms with Gasteiger partial charge in [0.1, 0.15) is 28.5 Å². The maximum atomic E-state index is 13.9. The number of carbonyl (C=O) groups excluding carboxylic acids is 1. The Balaban J connectivity index is 0.903. The molecule has 2 atom stereocenters. The lowest BCUT2D eigenvalue weighted by Crippen LogP contribution is -2.55. The number of hydrogen-bond donors (Lipinski definition) is 3. The van der Waals surface area contributed by atoms with Gasteiger partial charge in [-0.25, -0.2) is 18.1 Å². The fourth-order valence-electron chi connectivity index (χ4n) is 9.73. The van der Waals surface area contributed by atoms with Crippen LogP contribution in [0.25, 0.3) is 11.0 Å². The second kappa shape index (κ2) is 17.3. The van der Waals surface area contributed by atoms with Crippen LogP contribution >= 0.6 is 0 Å². The van der Waals surface area contributed by atoms with Gasteiger partial charge >= 0.3 is 0 Å². The standard InChI is InChI=1S/C45H52N8O8S/c1-29(2)35-6-3-4-7-36(35)39-8-5-17-52(39)31-24-45(25-31)14-18-51(19-15-45)41-12-10-37(44(49-41)61-32-22-30-13-16-46-42(30)48-26-32)43(54)50-62(57,58)34-9-11-38(40(23-34)53(55)56)47-27-33-28-59-20-21-60-33/h3-4,6-7,9-13,16,22-23,26,29,31,33,39,47H,5,8,14-15,17-21,24-25,27-28H2,1-2H3,(H,46,48)(H,50,54). The van der Waals surface area contributed by atoms with Crippen molar-refractivity contribution in [2.24, 2.45) is 5.41 Å². The number of rotatable bonds is 13. The molecule has 17 heteroatoms. The molecule has 326 valence electrons. The summed E-state index contributed by atoms with van der Waals surface area (Å²) in [5.41, 5.74) is 3.35. The van der Waals surface area contributed by atoms with Crippen molar-refractivity contribution in [1.29, 1.82) is 0 Å². The van der Waals surface area contributed by atoms with Crippen LogP contribution in [-0.4, -0.2) is 97.2 Å². The van der Waals surface area contributed by atoms with Gasteiger partial charge < -0.3 is 29.4 Å². The van der Waals surface area contributed by atoms with Crippen molar-refractivity contribution in [3.63, 3.8) is 0 Å². The van der Waals surface area contributed by atoms with Gasteiger partial charge in [-0.1, -0.05) is 38.1 Å². The van der Waals surface area contributed by atoms with E-state index in [2.05, 4.69) is 67.9 Å². The number of fused-ring (bicyclic) bond motifs is 1. The number of pyridine rings is 2. The molecule has 3 aromatic heterocycles. The van der Waals surface area contributed by atoms with Gasteiger partial charge in [0.25, 0.3) is 21.6 Å². The second-order valence-electron chi connectivity index (χ2n) is 17.3. The molecule has 4 aliphatic rings. The van der Waals surface area contributed by atoms with Crippen molar-refractivity contribution >= 4 is 44.2 Å². The number of sulfonamides is 1. The van der Waals surface area contributed by atoms with Gasteiger partial charge in [0.05, 0.1) is 41.9 Å². The Morgan fingerprint density at radius 3 is 2.66 bits per heavy atom. The van der Waals surface area contributed by atoms with Crippen LogP contribution in [0, 0.1) is 15.5 Å². The number of benzene rings is 2. The summed E-state index contributed by atoms with van der Waals surface area (Å²) in [6.45, 7) is 8.68.